The summed E-state index contributed by atoms with van der Waals surface area (Å²) in [6.07, 6.45) is 5.93. The van der Waals surface area contributed by atoms with E-state index in [0.29, 0.717) is 17.9 Å². The van der Waals surface area contributed by atoms with Gasteiger partial charge in [-0.3, -0.25) is 0 Å². The predicted molar refractivity (Wildman–Crippen MR) is 123 cm³/mol. The van der Waals surface area contributed by atoms with E-state index < -0.39 is 0 Å². The minimum Gasteiger partial charge on any atom is -0.378 e. The number of anilines is 1. The predicted octanol–water partition coefficient (Wildman–Crippen LogP) is 7.57. The fourth-order valence-corrected chi connectivity index (χ4v) is 5.54. The molecule has 3 aromatic carbocycles. The summed E-state index contributed by atoms with van der Waals surface area (Å²) in [5, 5.41) is 3.84. The molecular formula is C25H22BrNS. The van der Waals surface area contributed by atoms with Gasteiger partial charge in [0.05, 0.1) is 6.04 Å². The molecule has 0 unspecified atom stereocenters. The number of nitrogens with one attached hydrogen (secondary N) is 1. The van der Waals surface area contributed by atoms with Crippen molar-refractivity contribution in [1.29, 1.82) is 0 Å². The summed E-state index contributed by atoms with van der Waals surface area (Å²) < 4.78 is 1.13. The molecule has 0 fully saturated rings. The number of benzene rings is 3. The Hall–Kier alpha value is -1.97. The second-order valence-electron chi connectivity index (χ2n) is 7.55. The van der Waals surface area contributed by atoms with Crippen molar-refractivity contribution in [3.8, 4) is 0 Å². The zero-order valence-electron chi connectivity index (χ0n) is 15.5. The quantitative estimate of drug-likeness (QED) is 0.326. The number of hydrogen-bond donors (Lipinski definition) is 1. The van der Waals surface area contributed by atoms with Crippen molar-refractivity contribution in [3.63, 3.8) is 0 Å². The van der Waals surface area contributed by atoms with E-state index in [1.165, 1.54) is 27.3 Å². The van der Waals surface area contributed by atoms with Crippen LogP contribution in [0.3, 0.4) is 0 Å². The third-order valence-corrected chi connectivity index (χ3v) is 7.42. The van der Waals surface area contributed by atoms with Gasteiger partial charge in [-0.05, 0) is 59.4 Å². The molecule has 1 N–H and O–H groups in total. The molecule has 0 aromatic heterocycles. The van der Waals surface area contributed by atoms with Crippen LogP contribution in [0.5, 0.6) is 0 Å². The number of rotatable bonds is 4. The van der Waals surface area contributed by atoms with E-state index in [1.54, 1.807) is 0 Å². The van der Waals surface area contributed by atoms with Gasteiger partial charge in [0.2, 0.25) is 0 Å². The highest BCUT2D eigenvalue weighted by molar-refractivity contribution is 9.10. The lowest BCUT2D eigenvalue weighted by Gasteiger charge is -2.37. The monoisotopic (exact) mass is 447 g/mol. The molecule has 3 atom stereocenters. The molecule has 0 saturated heterocycles. The topological polar surface area (TPSA) is 12.0 Å². The molecule has 3 aromatic rings. The van der Waals surface area contributed by atoms with Crippen molar-refractivity contribution >= 4 is 33.4 Å². The Morgan fingerprint density at radius 1 is 0.964 bits per heavy atom. The maximum absolute atomic E-state index is 3.84. The first-order valence-electron chi connectivity index (χ1n) is 9.77. The van der Waals surface area contributed by atoms with Crippen LogP contribution >= 0.6 is 27.7 Å². The highest BCUT2D eigenvalue weighted by Gasteiger charge is 2.37. The maximum Gasteiger partial charge on any atom is 0.0553 e. The lowest BCUT2D eigenvalue weighted by Crippen LogP contribution is -2.29. The summed E-state index contributed by atoms with van der Waals surface area (Å²) in [5.41, 5.74) is 5.51. The second-order valence-corrected chi connectivity index (χ2v) is 9.51. The zero-order valence-corrected chi connectivity index (χ0v) is 17.9. The van der Waals surface area contributed by atoms with Gasteiger partial charge in [0.25, 0.3) is 0 Å². The summed E-state index contributed by atoms with van der Waals surface area (Å²) >= 11 is 5.46. The Morgan fingerprint density at radius 3 is 2.61 bits per heavy atom. The molecule has 5 rings (SSSR count). The number of fused-ring (bicyclic) bond motifs is 3. The lowest BCUT2D eigenvalue weighted by atomic mass is 9.77. The molecule has 140 valence electrons. The van der Waals surface area contributed by atoms with Gasteiger partial charge in [0.15, 0.2) is 0 Å². The van der Waals surface area contributed by atoms with Crippen molar-refractivity contribution in [2.75, 3.05) is 5.32 Å². The minimum atomic E-state index is 0.366. The second kappa shape index (κ2) is 7.81. The number of halogens is 1. The molecule has 0 spiro atoms. The van der Waals surface area contributed by atoms with Gasteiger partial charge in [-0.25, -0.2) is 0 Å². The molecule has 1 nitrogen and oxygen atoms in total. The summed E-state index contributed by atoms with van der Waals surface area (Å²) in [6.45, 7) is 0. The molecule has 0 amide bonds. The minimum absolute atomic E-state index is 0.366. The van der Waals surface area contributed by atoms with Crippen LogP contribution in [0.15, 0.2) is 94.3 Å². The molecule has 3 heteroatoms. The molecule has 1 aliphatic carbocycles. The molecule has 0 bridgehead atoms. The van der Waals surface area contributed by atoms with Crippen LogP contribution in [0, 0.1) is 5.92 Å². The van der Waals surface area contributed by atoms with Crippen molar-refractivity contribution in [1.82, 2.24) is 0 Å². The maximum atomic E-state index is 3.84. The van der Waals surface area contributed by atoms with Gasteiger partial charge >= 0.3 is 0 Å². The van der Waals surface area contributed by atoms with Crippen LogP contribution in [0.1, 0.15) is 35.1 Å². The average molecular weight is 448 g/mol. The Kier molecular flexibility index (Phi) is 5.04. The number of hydrogen-bond acceptors (Lipinski definition) is 2. The van der Waals surface area contributed by atoms with Gasteiger partial charge in [0.1, 0.15) is 0 Å². The van der Waals surface area contributed by atoms with Gasteiger partial charge < -0.3 is 5.32 Å². The van der Waals surface area contributed by atoms with E-state index in [4.69, 9.17) is 0 Å². The molecule has 2 aliphatic rings. The zero-order chi connectivity index (χ0) is 18.9. The average Bonchev–Trinajstić information content (AvgIpc) is 3.23. The van der Waals surface area contributed by atoms with E-state index in [9.17, 15) is 0 Å². The molecule has 28 heavy (non-hydrogen) atoms. The molecule has 1 aliphatic heterocycles. The highest BCUT2D eigenvalue weighted by Crippen LogP contribution is 2.50. The van der Waals surface area contributed by atoms with Crippen molar-refractivity contribution < 1.29 is 0 Å². The molecule has 0 saturated carbocycles. The van der Waals surface area contributed by atoms with Crippen molar-refractivity contribution in [2.45, 2.75) is 29.0 Å². The SMILES string of the molecule is Brc1ccc([C@@H]2Nc3ccc(CSc4ccccc4)cc3[C@H]3C=CC[C@H]32)cc1. The van der Waals surface area contributed by atoms with Crippen LogP contribution in [0.25, 0.3) is 0 Å². The van der Waals surface area contributed by atoms with Gasteiger partial charge in [-0.1, -0.05) is 70.5 Å². The van der Waals surface area contributed by atoms with E-state index in [2.05, 4.69) is 106 Å². The molecule has 0 radical (unpaired) electrons. The molecule has 1 heterocycles. The Bertz CT molecular complexity index is 997. The fraction of sp³-hybridized carbons (Fsp3) is 0.200. The van der Waals surface area contributed by atoms with Crippen LogP contribution in [-0.2, 0) is 5.75 Å². The third kappa shape index (κ3) is 3.54. The summed E-state index contributed by atoms with van der Waals surface area (Å²) in [4.78, 5) is 1.33. The first-order valence-corrected chi connectivity index (χ1v) is 11.5. The summed E-state index contributed by atoms with van der Waals surface area (Å²) in [5.74, 6) is 2.10. The first-order chi connectivity index (χ1) is 13.8. The van der Waals surface area contributed by atoms with Gasteiger partial charge in [-0.15, -0.1) is 11.8 Å². The smallest absolute Gasteiger partial charge is 0.0553 e. The normalized spacial score (nSPS) is 22.4. The number of allylic oxidation sites excluding steroid dienone is 2. The van der Waals surface area contributed by atoms with Gasteiger partial charge in [0, 0.05) is 26.7 Å². The standard InChI is InChI=1S/C25H22BrNS/c26-19-12-10-18(11-13-19)25-22-8-4-7-21(22)23-15-17(9-14-24(23)27-25)16-28-20-5-2-1-3-6-20/h1-7,9-15,21-22,25,27H,8,16H2/t21-,22+,25-/m0/s1. The highest BCUT2D eigenvalue weighted by atomic mass is 79.9. The third-order valence-electron chi connectivity index (χ3n) is 5.81. The van der Waals surface area contributed by atoms with Crippen LogP contribution in [0.2, 0.25) is 0 Å². The van der Waals surface area contributed by atoms with E-state index >= 15 is 0 Å². The number of thioether (sulfide) groups is 1. The van der Waals surface area contributed by atoms with Crippen LogP contribution < -0.4 is 5.32 Å². The van der Waals surface area contributed by atoms with E-state index in [-0.39, 0.29) is 0 Å². The summed E-state index contributed by atoms with van der Waals surface area (Å²) in [6, 6.07) is 26.8. The first kappa shape index (κ1) is 18.1. The van der Waals surface area contributed by atoms with Crippen LogP contribution in [0.4, 0.5) is 5.69 Å². The Morgan fingerprint density at radius 2 is 1.79 bits per heavy atom. The Labute approximate surface area is 179 Å². The fourth-order valence-electron chi connectivity index (χ4n) is 4.42. The van der Waals surface area contributed by atoms with Gasteiger partial charge in [-0.2, -0.15) is 0 Å². The molecular weight excluding hydrogens is 426 g/mol. The van der Waals surface area contributed by atoms with E-state index in [0.717, 1.165) is 16.6 Å². The van der Waals surface area contributed by atoms with E-state index in [1.807, 2.05) is 11.8 Å². The van der Waals surface area contributed by atoms with Crippen LogP contribution in [-0.4, -0.2) is 0 Å². The van der Waals surface area contributed by atoms with Crippen molar-refractivity contribution in [2.24, 2.45) is 5.92 Å². The largest absolute Gasteiger partial charge is 0.378 e. The summed E-state index contributed by atoms with van der Waals surface area (Å²) in [7, 11) is 0. The lowest BCUT2D eigenvalue weighted by molar-refractivity contribution is 0.425. The van der Waals surface area contributed by atoms with Crippen molar-refractivity contribution in [3.05, 3.63) is 106 Å². The Balaban J connectivity index is 1.41.